The third-order valence-corrected chi connectivity index (χ3v) is 5.28. The van der Waals surface area contributed by atoms with Crippen molar-refractivity contribution < 1.29 is 0 Å². The number of H-pyrrole nitrogens is 1. The SMILES string of the molecule is CCCCn1nnnc1CSc1n[nH]c(CCC2CCCC2)n1. The van der Waals surface area contributed by atoms with Crippen LogP contribution in [-0.2, 0) is 18.7 Å². The molecule has 0 aliphatic heterocycles. The maximum atomic E-state index is 4.58. The van der Waals surface area contributed by atoms with Crippen LogP contribution in [0.2, 0.25) is 0 Å². The van der Waals surface area contributed by atoms with Crippen molar-refractivity contribution in [2.24, 2.45) is 5.92 Å². The van der Waals surface area contributed by atoms with Gasteiger partial charge in [-0.1, -0.05) is 50.8 Å². The van der Waals surface area contributed by atoms with Gasteiger partial charge in [0, 0.05) is 13.0 Å². The van der Waals surface area contributed by atoms with E-state index in [2.05, 4.69) is 37.6 Å². The van der Waals surface area contributed by atoms with E-state index in [1.165, 1.54) is 32.1 Å². The average Bonchev–Trinajstić information content (AvgIpc) is 3.30. The Kier molecular flexibility index (Phi) is 6.01. The number of aromatic nitrogens is 7. The van der Waals surface area contributed by atoms with E-state index in [1.54, 1.807) is 11.8 Å². The van der Waals surface area contributed by atoms with E-state index in [0.717, 1.165) is 48.5 Å². The second-order valence-electron chi connectivity index (χ2n) is 6.21. The van der Waals surface area contributed by atoms with Crippen LogP contribution >= 0.6 is 11.8 Å². The van der Waals surface area contributed by atoms with Crippen molar-refractivity contribution in [3.63, 3.8) is 0 Å². The van der Waals surface area contributed by atoms with E-state index >= 15 is 0 Å². The normalized spacial score (nSPS) is 15.5. The van der Waals surface area contributed by atoms with Crippen molar-refractivity contribution in [2.45, 2.75) is 75.7 Å². The molecule has 8 heteroatoms. The number of aromatic amines is 1. The summed E-state index contributed by atoms with van der Waals surface area (Å²) in [5.41, 5.74) is 0. The van der Waals surface area contributed by atoms with Crippen molar-refractivity contribution in [3.05, 3.63) is 11.6 Å². The number of rotatable bonds is 9. The van der Waals surface area contributed by atoms with Crippen molar-refractivity contribution in [1.82, 2.24) is 35.4 Å². The number of thioether (sulfide) groups is 1. The first-order valence-corrected chi connectivity index (χ1v) is 9.63. The number of tetrazole rings is 1. The Morgan fingerprint density at radius 3 is 3.00 bits per heavy atom. The highest BCUT2D eigenvalue weighted by molar-refractivity contribution is 7.98. The molecule has 1 aliphatic rings. The summed E-state index contributed by atoms with van der Waals surface area (Å²) in [4.78, 5) is 4.58. The lowest BCUT2D eigenvalue weighted by Crippen LogP contribution is -2.05. The number of nitrogens with zero attached hydrogens (tertiary/aromatic N) is 6. The second-order valence-corrected chi connectivity index (χ2v) is 7.16. The van der Waals surface area contributed by atoms with Crippen molar-refractivity contribution in [1.29, 1.82) is 0 Å². The topological polar surface area (TPSA) is 85.2 Å². The molecular weight excluding hydrogens is 310 g/mol. The third-order valence-electron chi connectivity index (χ3n) is 4.44. The zero-order valence-electron chi connectivity index (χ0n) is 13.7. The maximum absolute atomic E-state index is 4.58. The standard InChI is InChI=1S/C15H25N7S/c1-2-3-10-22-14(18-20-21-22)11-23-15-16-13(17-19-15)9-8-12-6-4-5-7-12/h12H,2-11H2,1H3,(H,16,17,19). The fourth-order valence-corrected chi connectivity index (χ4v) is 3.78. The number of unbranched alkanes of at least 4 members (excludes halogenated alkanes) is 1. The molecule has 0 saturated heterocycles. The molecule has 7 nitrogen and oxygen atoms in total. The van der Waals surface area contributed by atoms with E-state index in [1.807, 2.05) is 4.68 Å². The first-order valence-electron chi connectivity index (χ1n) is 8.64. The average molecular weight is 335 g/mol. The first-order chi connectivity index (χ1) is 11.3. The summed E-state index contributed by atoms with van der Waals surface area (Å²) in [6, 6.07) is 0. The van der Waals surface area contributed by atoms with Crippen LogP contribution in [0.25, 0.3) is 0 Å². The second kappa shape index (κ2) is 8.42. The van der Waals surface area contributed by atoms with E-state index in [0.29, 0.717) is 5.75 Å². The van der Waals surface area contributed by atoms with Gasteiger partial charge >= 0.3 is 0 Å². The molecule has 2 aromatic rings. The number of hydrogen-bond acceptors (Lipinski definition) is 6. The van der Waals surface area contributed by atoms with Gasteiger partial charge in [-0.25, -0.2) is 9.67 Å². The largest absolute Gasteiger partial charge is 0.262 e. The fraction of sp³-hybridized carbons (Fsp3) is 0.800. The molecule has 0 unspecified atom stereocenters. The molecule has 23 heavy (non-hydrogen) atoms. The van der Waals surface area contributed by atoms with Crippen LogP contribution < -0.4 is 0 Å². The van der Waals surface area contributed by atoms with Gasteiger partial charge in [0.05, 0.1) is 5.75 Å². The van der Waals surface area contributed by atoms with Crippen LogP contribution in [0.15, 0.2) is 5.16 Å². The maximum Gasteiger partial charge on any atom is 0.208 e. The molecule has 2 aromatic heterocycles. The molecule has 2 heterocycles. The predicted octanol–water partition coefficient (Wildman–Crippen LogP) is 3.01. The highest BCUT2D eigenvalue weighted by atomic mass is 32.2. The Bertz CT molecular complexity index is 588. The molecule has 126 valence electrons. The van der Waals surface area contributed by atoms with Gasteiger partial charge in [-0.15, -0.1) is 10.2 Å². The molecule has 0 spiro atoms. The fourth-order valence-electron chi connectivity index (χ4n) is 3.03. The van der Waals surface area contributed by atoms with Gasteiger partial charge in [0.1, 0.15) is 5.82 Å². The highest BCUT2D eigenvalue weighted by Crippen LogP contribution is 2.28. The van der Waals surface area contributed by atoms with Gasteiger partial charge in [0.25, 0.3) is 0 Å². The molecule has 0 aromatic carbocycles. The van der Waals surface area contributed by atoms with E-state index in [-0.39, 0.29) is 0 Å². The highest BCUT2D eigenvalue weighted by Gasteiger charge is 2.16. The van der Waals surface area contributed by atoms with Gasteiger partial charge in [0.15, 0.2) is 5.82 Å². The van der Waals surface area contributed by atoms with Gasteiger partial charge in [0.2, 0.25) is 5.16 Å². The zero-order valence-corrected chi connectivity index (χ0v) is 14.6. The summed E-state index contributed by atoms with van der Waals surface area (Å²) in [5.74, 6) is 3.49. The van der Waals surface area contributed by atoms with E-state index in [4.69, 9.17) is 0 Å². The zero-order chi connectivity index (χ0) is 15.9. The lowest BCUT2D eigenvalue weighted by Gasteiger charge is -2.05. The van der Waals surface area contributed by atoms with Gasteiger partial charge in [-0.2, -0.15) is 0 Å². The quantitative estimate of drug-likeness (QED) is 0.709. The Balaban J connectivity index is 1.46. The Morgan fingerprint density at radius 2 is 2.17 bits per heavy atom. The molecule has 1 fully saturated rings. The molecule has 3 rings (SSSR count). The summed E-state index contributed by atoms with van der Waals surface area (Å²) in [6.45, 7) is 3.04. The van der Waals surface area contributed by atoms with Crippen molar-refractivity contribution >= 4 is 11.8 Å². The molecular formula is C15H25N7S. The summed E-state index contributed by atoms with van der Waals surface area (Å²) in [7, 11) is 0. The molecule has 0 bridgehead atoms. The van der Waals surface area contributed by atoms with Crippen molar-refractivity contribution in [3.8, 4) is 0 Å². The number of aryl methyl sites for hydroxylation is 2. The molecule has 1 N–H and O–H groups in total. The monoisotopic (exact) mass is 335 g/mol. The van der Waals surface area contributed by atoms with Crippen LogP contribution in [0.4, 0.5) is 0 Å². The van der Waals surface area contributed by atoms with Gasteiger partial charge < -0.3 is 0 Å². The van der Waals surface area contributed by atoms with E-state index in [9.17, 15) is 0 Å². The smallest absolute Gasteiger partial charge is 0.208 e. The minimum Gasteiger partial charge on any atom is -0.262 e. The van der Waals surface area contributed by atoms with Crippen LogP contribution in [0.5, 0.6) is 0 Å². The lowest BCUT2D eigenvalue weighted by molar-refractivity contribution is 0.497. The summed E-state index contributed by atoms with van der Waals surface area (Å²) >= 11 is 1.59. The molecule has 0 radical (unpaired) electrons. The third kappa shape index (κ3) is 4.76. The number of hydrogen-bond donors (Lipinski definition) is 1. The molecule has 0 amide bonds. The van der Waals surface area contributed by atoms with Gasteiger partial charge in [-0.05, 0) is 29.2 Å². The van der Waals surface area contributed by atoms with E-state index < -0.39 is 0 Å². The van der Waals surface area contributed by atoms with Crippen LogP contribution in [0.1, 0.15) is 63.5 Å². The molecule has 1 aliphatic carbocycles. The number of nitrogens with one attached hydrogen (secondary N) is 1. The first kappa shape index (κ1) is 16.4. The summed E-state index contributed by atoms with van der Waals surface area (Å²) in [5, 5.41) is 20.1. The van der Waals surface area contributed by atoms with Crippen molar-refractivity contribution in [2.75, 3.05) is 0 Å². The lowest BCUT2D eigenvalue weighted by atomic mass is 10.0. The minimum atomic E-state index is 0.705. The van der Waals surface area contributed by atoms with Gasteiger partial charge in [-0.3, -0.25) is 5.10 Å². The molecule has 0 atom stereocenters. The Morgan fingerprint density at radius 1 is 1.30 bits per heavy atom. The Hall–Kier alpha value is -1.44. The van der Waals surface area contributed by atoms with Crippen LogP contribution in [-0.4, -0.2) is 35.4 Å². The summed E-state index contributed by atoms with van der Waals surface area (Å²) in [6.07, 6.45) is 10.0. The minimum absolute atomic E-state index is 0.705. The Labute approximate surface area is 141 Å². The van der Waals surface area contributed by atoms with Crippen LogP contribution in [0, 0.1) is 5.92 Å². The summed E-state index contributed by atoms with van der Waals surface area (Å²) < 4.78 is 1.88. The predicted molar refractivity (Wildman–Crippen MR) is 88.9 cm³/mol. The van der Waals surface area contributed by atoms with Crippen LogP contribution in [0.3, 0.4) is 0 Å². The molecule has 1 saturated carbocycles.